The minimum atomic E-state index is -0.344. The SMILES string of the molecule is CCCn1ccnc1CC(O)CC(C)c1ccccc1. The molecule has 2 unspecified atom stereocenters. The number of imidazole rings is 1. The molecular weight excluding hydrogens is 248 g/mol. The molecule has 0 saturated carbocycles. The molecule has 2 rings (SSSR count). The van der Waals surface area contributed by atoms with Crippen molar-refractivity contribution in [3.8, 4) is 0 Å². The lowest BCUT2D eigenvalue weighted by Crippen LogP contribution is -2.17. The highest BCUT2D eigenvalue weighted by atomic mass is 16.3. The lowest BCUT2D eigenvalue weighted by Gasteiger charge is -2.17. The van der Waals surface area contributed by atoms with Gasteiger partial charge in [0.15, 0.2) is 0 Å². The minimum Gasteiger partial charge on any atom is -0.393 e. The van der Waals surface area contributed by atoms with Crippen LogP contribution in [0.4, 0.5) is 0 Å². The van der Waals surface area contributed by atoms with Gasteiger partial charge in [-0.05, 0) is 24.3 Å². The average Bonchev–Trinajstić information content (AvgIpc) is 2.87. The maximum Gasteiger partial charge on any atom is 0.111 e. The van der Waals surface area contributed by atoms with E-state index in [0.29, 0.717) is 12.3 Å². The van der Waals surface area contributed by atoms with E-state index in [1.807, 2.05) is 30.6 Å². The highest BCUT2D eigenvalue weighted by molar-refractivity contribution is 5.18. The van der Waals surface area contributed by atoms with Crippen molar-refractivity contribution in [2.45, 2.75) is 51.7 Å². The zero-order valence-electron chi connectivity index (χ0n) is 12.4. The van der Waals surface area contributed by atoms with E-state index in [0.717, 1.165) is 25.2 Å². The van der Waals surface area contributed by atoms with Gasteiger partial charge in [-0.15, -0.1) is 0 Å². The normalized spacial score (nSPS) is 14.2. The number of benzene rings is 1. The van der Waals surface area contributed by atoms with Crippen molar-refractivity contribution in [2.24, 2.45) is 0 Å². The van der Waals surface area contributed by atoms with Gasteiger partial charge < -0.3 is 9.67 Å². The second-order valence-corrected chi connectivity index (χ2v) is 5.44. The number of hydrogen-bond donors (Lipinski definition) is 1. The minimum absolute atomic E-state index is 0.344. The largest absolute Gasteiger partial charge is 0.393 e. The van der Waals surface area contributed by atoms with Crippen molar-refractivity contribution in [2.75, 3.05) is 0 Å². The van der Waals surface area contributed by atoms with E-state index in [-0.39, 0.29) is 6.10 Å². The summed E-state index contributed by atoms with van der Waals surface area (Å²) < 4.78 is 2.14. The molecule has 1 aromatic heterocycles. The summed E-state index contributed by atoms with van der Waals surface area (Å²) in [4.78, 5) is 4.36. The van der Waals surface area contributed by atoms with E-state index < -0.39 is 0 Å². The van der Waals surface area contributed by atoms with Gasteiger partial charge in [0, 0.05) is 25.4 Å². The molecule has 0 radical (unpaired) electrons. The van der Waals surface area contributed by atoms with E-state index in [2.05, 4.69) is 35.5 Å². The summed E-state index contributed by atoms with van der Waals surface area (Å²) in [5, 5.41) is 10.3. The zero-order chi connectivity index (χ0) is 14.4. The molecule has 20 heavy (non-hydrogen) atoms. The second kappa shape index (κ2) is 7.25. The third-order valence-corrected chi connectivity index (χ3v) is 3.68. The smallest absolute Gasteiger partial charge is 0.111 e. The highest BCUT2D eigenvalue weighted by Crippen LogP contribution is 2.21. The van der Waals surface area contributed by atoms with Gasteiger partial charge in [0.25, 0.3) is 0 Å². The summed E-state index contributed by atoms with van der Waals surface area (Å²) in [6, 6.07) is 10.4. The monoisotopic (exact) mass is 272 g/mol. The second-order valence-electron chi connectivity index (χ2n) is 5.44. The Morgan fingerprint density at radius 1 is 1.25 bits per heavy atom. The maximum atomic E-state index is 10.3. The highest BCUT2D eigenvalue weighted by Gasteiger charge is 2.15. The summed E-state index contributed by atoms with van der Waals surface area (Å²) in [6.45, 7) is 5.28. The average molecular weight is 272 g/mol. The number of hydrogen-bond acceptors (Lipinski definition) is 2. The predicted octanol–water partition coefficient (Wildman–Crippen LogP) is 3.39. The Bertz CT molecular complexity index is 507. The molecule has 1 aromatic carbocycles. The first-order chi connectivity index (χ1) is 9.70. The number of nitrogens with zero attached hydrogens (tertiary/aromatic N) is 2. The molecule has 3 nitrogen and oxygen atoms in total. The summed E-state index contributed by atoms with van der Waals surface area (Å²) in [5.41, 5.74) is 1.28. The molecule has 0 aliphatic rings. The van der Waals surface area contributed by atoms with Crippen LogP contribution in [0.2, 0.25) is 0 Å². The summed E-state index contributed by atoms with van der Waals surface area (Å²) in [5.74, 6) is 1.35. The first-order valence-corrected chi connectivity index (χ1v) is 7.43. The Labute approximate surface area is 121 Å². The van der Waals surface area contributed by atoms with E-state index in [1.54, 1.807) is 0 Å². The number of rotatable bonds is 7. The Kier molecular flexibility index (Phi) is 5.36. The molecule has 1 N–H and O–H groups in total. The van der Waals surface area contributed by atoms with Gasteiger partial charge in [-0.2, -0.15) is 0 Å². The molecule has 0 aliphatic heterocycles. The van der Waals surface area contributed by atoms with Crippen LogP contribution < -0.4 is 0 Å². The van der Waals surface area contributed by atoms with Crippen LogP contribution in [-0.2, 0) is 13.0 Å². The fraction of sp³-hybridized carbons (Fsp3) is 0.471. The Morgan fingerprint density at radius 3 is 2.70 bits per heavy atom. The lowest BCUT2D eigenvalue weighted by atomic mass is 9.94. The molecule has 2 atom stereocenters. The van der Waals surface area contributed by atoms with Gasteiger partial charge in [0.2, 0.25) is 0 Å². The lowest BCUT2D eigenvalue weighted by molar-refractivity contribution is 0.153. The molecule has 2 aromatic rings. The molecule has 108 valence electrons. The quantitative estimate of drug-likeness (QED) is 0.839. The van der Waals surface area contributed by atoms with Crippen LogP contribution >= 0.6 is 0 Å². The van der Waals surface area contributed by atoms with Crippen LogP contribution in [0.25, 0.3) is 0 Å². The Balaban J connectivity index is 1.92. The van der Waals surface area contributed by atoms with Crippen molar-refractivity contribution in [3.05, 3.63) is 54.1 Å². The number of aromatic nitrogens is 2. The van der Waals surface area contributed by atoms with Gasteiger partial charge in [0.05, 0.1) is 6.10 Å². The topological polar surface area (TPSA) is 38.0 Å². The summed E-state index contributed by atoms with van der Waals surface area (Å²) in [6.07, 6.45) is 5.94. The molecule has 0 bridgehead atoms. The van der Waals surface area contributed by atoms with Gasteiger partial charge >= 0.3 is 0 Å². The van der Waals surface area contributed by atoms with Crippen LogP contribution in [0.1, 0.15) is 44.0 Å². The fourth-order valence-electron chi connectivity index (χ4n) is 2.59. The molecule has 0 amide bonds. The van der Waals surface area contributed by atoms with Crippen LogP contribution in [-0.4, -0.2) is 20.8 Å². The first-order valence-electron chi connectivity index (χ1n) is 7.43. The maximum absolute atomic E-state index is 10.3. The molecule has 0 fully saturated rings. The first kappa shape index (κ1) is 14.8. The summed E-state index contributed by atoms with van der Waals surface area (Å²) >= 11 is 0. The van der Waals surface area contributed by atoms with E-state index in [4.69, 9.17) is 0 Å². The molecule has 0 spiro atoms. The van der Waals surface area contributed by atoms with Gasteiger partial charge in [-0.1, -0.05) is 44.2 Å². The van der Waals surface area contributed by atoms with Crippen molar-refractivity contribution in [1.82, 2.24) is 9.55 Å². The van der Waals surface area contributed by atoms with Crippen LogP contribution in [0.3, 0.4) is 0 Å². The molecule has 0 saturated heterocycles. The fourth-order valence-corrected chi connectivity index (χ4v) is 2.59. The Hall–Kier alpha value is -1.61. The predicted molar refractivity (Wildman–Crippen MR) is 81.7 cm³/mol. The molecule has 1 heterocycles. The molecule has 3 heteroatoms. The van der Waals surface area contributed by atoms with Gasteiger partial charge in [-0.25, -0.2) is 4.98 Å². The van der Waals surface area contributed by atoms with Gasteiger partial charge in [0.1, 0.15) is 5.82 Å². The number of aliphatic hydroxyl groups excluding tert-OH is 1. The van der Waals surface area contributed by atoms with Crippen molar-refractivity contribution in [3.63, 3.8) is 0 Å². The van der Waals surface area contributed by atoms with E-state index >= 15 is 0 Å². The standard InChI is InChI=1S/C17H24N2O/c1-3-10-19-11-9-18-17(19)13-16(20)12-14(2)15-7-5-4-6-8-15/h4-9,11,14,16,20H,3,10,12-13H2,1-2H3. The van der Waals surface area contributed by atoms with Crippen molar-refractivity contribution in [1.29, 1.82) is 0 Å². The van der Waals surface area contributed by atoms with Crippen LogP contribution in [0.15, 0.2) is 42.7 Å². The van der Waals surface area contributed by atoms with Gasteiger partial charge in [-0.3, -0.25) is 0 Å². The molecule has 0 aliphatic carbocycles. The third-order valence-electron chi connectivity index (χ3n) is 3.68. The van der Waals surface area contributed by atoms with Crippen LogP contribution in [0.5, 0.6) is 0 Å². The Morgan fingerprint density at radius 2 is 2.00 bits per heavy atom. The number of aryl methyl sites for hydroxylation is 1. The van der Waals surface area contributed by atoms with Crippen molar-refractivity contribution >= 4 is 0 Å². The van der Waals surface area contributed by atoms with E-state index in [9.17, 15) is 5.11 Å². The zero-order valence-corrected chi connectivity index (χ0v) is 12.4. The summed E-state index contributed by atoms with van der Waals surface area (Å²) in [7, 11) is 0. The number of aliphatic hydroxyl groups is 1. The van der Waals surface area contributed by atoms with E-state index in [1.165, 1.54) is 5.56 Å². The van der Waals surface area contributed by atoms with Crippen molar-refractivity contribution < 1.29 is 5.11 Å². The van der Waals surface area contributed by atoms with Crippen LogP contribution in [0, 0.1) is 0 Å². The third kappa shape index (κ3) is 3.94. The molecular formula is C17H24N2O.